The minimum absolute atomic E-state index is 0.188. The zero-order chi connectivity index (χ0) is 18.9. The molecule has 1 N–H and O–H groups in total. The number of rotatable bonds is 4. The number of hydrogen-bond donors (Lipinski definition) is 1. The molecule has 0 saturated carbocycles. The fraction of sp³-hybridized carbons (Fsp3) is 0.350. The summed E-state index contributed by atoms with van der Waals surface area (Å²) in [4.78, 5) is 12.4. The molecule has 3 rings (SSSR count). The van der Waals surface area contributed by atoms with Gasteiger partial charge in [-0.1, -0.05) is 24.3 Å². The predicted octanol–water partition coefficient (Wildman–Crippen LogP) is 3.25. The maximum absolute atomic E-state index is 12.4. The van der Waals surface area contributed by atoms with Crippen molar-refractivity contribution in [2.24, 2.45) is 0 Å². The van der Waals surface area contributed by atoms with Crippen molar-refractivity contribution in [1.29, 1.82) is 0 Å². The van der Waals surface area contributed by atoms with Crippen LogP contribution in [0.3, 0.4) is 0 Å². The van der Waals surface area contributed by atoms with E-state index >= 15 is 0 Å². The zero-order valence-electron chi connectivity index (χ0n) is 15.8. The molecule has 0 atom stereocenters. The average molecular weight is 353 g/mol. The number of ether oxygens (including phenoxy) is 1. The van der Waals surface area contributed by atoms with Crippen molar-refractivity contribution >= 4 is 24.2 Å². The Hall–Kier alpha value is -2.31. The van der Waals surface area contributed by atoms with Gasteiger partial charge in [0, 0.05) is 5.56 Å². The molecular weight excluding hydrogens is 329 g/mol. The number of carbonyl (C=O) groups is 1. The molecule has 6 heteroatoms. The quantitative estimate of drug-likeness (QED) is 0.858. The van der Waals surface area contributed by atoms with Crippen molar-refractivity contribution in [2.45, 2.75) is 38.9 Å². The fourth-order valence-electron chi connectivity index (χ4n) is 2.72. The van der Waals surface area contributed by atoms with Crippen LogP contribution in [0.2, 0.25) is 0 Å². The molecular formula is C20H24BNO4. The van der Waals surface area contributed by atoms with Crippen molar-refractivity contribution in [2.75, 3.05) is 12.4 Å². The van der Waals surface area contributed by atoms with Crippen molar-refractivity contribution in [3.05, 3.63) is 54.1 Å². The van der Waals surface area contributed by atoms with Gasteiger partial charge in [-0.15, -0.1) is 0 Å². The number of methoxy groups -OCH3 is 1. The Labute approximate surface area is 154 Å². The highest BCUT2D eigenvalue weighted by molar-refractivity contribution is 6.62. The standard InChI is InChI=1S/C20H24BNO4/c1-19(2)20(3,4)26-21(25-19)15-11-12-16(17(13-15)24-5)22-18(23)14-9-7-6-8-10-14/h6-13H,1-5H3,(H,22,23). The first-order valence-corrected chi connectivity index (χ1v) is 8.63. The number of anilines is 1. The summed E-state index contributed by atoms with van der Waals surface area (Å²) in [5, 5.41) is 2.88. The maximum atomic E-state index is 12.4. The molecule has 0 aromatic heterocycles. The molecule has 0 radical (unpaired) electrons. The number of benzene rings is 2. The second-order valence-electron chi connectivity index (χ2n) is 7.37. The molecule has 2 aromatic carbocycles. The summed E-state index contributed by atoms with van der Waals surface area (Å²) < 4.78 is 17.6. The van der Waals surface area contributed by atoms with Crippen molar-refractivity contribution in [1.82, 2.24) is 0 Å². The molecule has 1 saturated heterocycles. The second-order valence-corrected chi connectivity index (χ2v) is 7.37. The highest BCUT2D eigenvalue weighted by Crippen LogP contribution is 2.37. The van der Waals surface area contributed by atoms with Crippen molar-refractivity contribution in [3.8, 4) is 5.75 Å². The molecule has 1 heterocycles. The lowest BCUT2D eigenvalue weighted by molar-refractivity contribution is 0.00578. The molecule has 26 heavy (non-hydrogen) atoms. The van der Waals surface area contributed by atoms with Gasteiger partial charge in [0.15, 0.2) is 0 Å². The molecule has 136 valence electrons. The Morgan fingerprint density at radius 3 is 2.19 bits per heavy atom. The highest BCUT2D eigenvalue weighted by Gasteiger charge is 2.51. The van der Waals surface area contributed by atoms with Gasteiger partial charge in [-0.2, -0.15) is 0 Å². The Balaban J connectivity index is 1.82. The van der Waals surface area contributed by atoms with Crippen LogP contribution in [0.15, 0.2) is 48.5 Å². The van der Waals surface area contributed by atoms with Gasteiger partial charge in [-0.3, -0.25) is 4.79 Å². The monoisotopic (exact) mass is 353 g/mol. The van der Waals surface area contributed by atoms with Gasteiger partial charge in [0.2, 0.25) is 0 Å². The van der Waals surface area contributed by atoms with E-state index in [1.165, 1.54) is 0 Å². The van der Waals surface area contributed by atoms with E-state index in [0.717, 1.165) is 5.46 Å². The van der Waals surface area contributed by atoms with Crippen LogP contribution in [0, 0.1) is 0 Å². The Morgan fingerprint density at radius 2 is 1.62 bits per heavy atom. The summed E-state index contributed by atoms with van der Waals surface area (Å²) >= 11 is 0. The Kier molecular flexibility index (Phi) is 4.82. The minimum Gasteiger partial charge on any atom is -0.495 e. The molecule has 0 aliphatic carbocycles. The summed E-state index contributed by atoms with van der Waals surface area (Å²) in [7, 11) is 1.09. The third-order valence-electron chi connectivity index (χ3n) is 5.04. The zero-order valence-corrected chi connectivity index (χ0v) is 15.8. The van der Waals surface area contributed by atoms with Crippen LogP contribution in [0.25, 0.3) is 0 Å². The number of carbonyl (C=O) groups excluding carboxylic acids is 1. The van der Waals surface area contributed by atoms with Gasteiger partial charge in [0.1, 0.15) is 5.75 Å². The van der Waals surface area contributed by atoms with Crippen LogP contribution >= 0.6 is 0 Å². The van der Waals surface area contributed by atoms with Gasteiger partial charge in [-0.25, -0.2) is 0 Å². The lowest BCUT2D eigenvalue weighted by Gasteiger charge is -2.32. The lowest BCUT2D eigenvalue weighted by atomic mass is 9.79. The topological polar surface area (TPSA) is 56.8 Å². The smallest absolute Gasteiger partial charge is 0.494 e. The van der Waals surface area contributed by atoms with Gasteiger partial charge in [0.05, 0.1) is 24.0 Å². The molecule has 0 spiro atoms. The predicted molar refractivity (Wildman–Crippen MR) is 103 cm³/mol. The fourth-order valence-corrected chi connectivity index (χ4v) is 2.72. The van der Waals surface area contributed by atoms with Crippen LogP contribution in [0.1, 0.15) is 38.1 Å². The highest BCUT2D eigenvalue weighted by atomic mass is 16.7. The van der Waals surface area contributed by atoms with Crippen LogP contribution in [-0.4, -0.2) is 31.3 Å². The maximum Gasteiger partial charge on any atom is 0.494 e. The summed E-state index contributed by atoms with van der Waals surface area (Å²) in [5.74, 6) is 0.369. The van der Waals surface area contributed by atoms with Gasteiger partial charge < -0.3 is 19.4 Å². The number of amides is 1. The SMILES string of the molecule is COc1cc(B2OC(C)(C)C(C)(C)O2)ccc1NC(=O)c1ccccc1. The van der Waals surface area contributed by atoms with Crippen LogP contribution in [0.4, 0.5) is 5.69 Å². The average Bonchev–Trinajstić information content (AvgIpc) is 2.83. The molecule has 0 unspecified atom stereocenters. The first-order valence-electron chi connectivity index (χ1n) is 8.63. The van der Waals surface area contributed by atoms with Gasteiger partial charge in [-0.05, 0) is 57.4 Å². The van der Waals surface area contributed by atoms with Gasteiger partial charge >= 0.3 is 7.12 Å². The minimum atomic E-state index is -0.479. The van der Waals surface area contributed by atoms with Crippen molar-refractivity contribution in [3.63, 3.8) is 0 Å². The molecule has 1 amide bonds. The molecule has 2 aromatic rings. The molecule has 1 fully saturated rings. The van der Waals surface area contributed by atoms with E-state index in [1.54, 1.807) is 25.3 Å². The van der Waals surface area contributed by atoms with E-state index in [0.29, 0.717) is 17.0 Å². The summed E-state index contributed by atoms with van der Waals surface area (Å²) in [6, 6.07) is 14.6. The van der Waals surface area contributed by atoms with Crippen LogP contribution < -0.4 is 15.5 Å². The van der Waals surface area contributed by atoms with E-state index in [2.05, 4.69) is 5.32 Å². The largest absolute Gasteiger partial charge is 0.495 e. The van der Waals surface area contributed by atoms with E-state index < -0.39 is 18.3 Å². The third-order valence-corrected chi connectivity index (χ3v) is 5.04. The lowest BCUT2D eigenvalue weighted by Crippen LogP contribution is -2.41. The van der Waals surface area contributed by atoms with E-state index in [-0.39, 0.29) is 5.91 Å². The van der Waals surface area contributed by atoms with Crippen molar-refractivity contribution < 1.29 is 18.8 Å². The first kappa shape index (κ1) is 18.5. The second kappa shape index (κ2) is 6.78. The van der Waals surface area contributed by atoms with Gasteiger partial charge in [0.25, 0.3) is 5.91 Å². The number of hydrogen-bond acceptors (Lipinski definition) is 4. The summed E-state index contributed by atoms with van der Waals surface area (Å²) in [6.45, 7) is 8.05. The molecule has 5 nitrogen and oxygen atoms in total. The Morgan fingerprint density at radius 1 is 1.00 bits per heavy atom. The number of nitrogens with one attached hydrogen (secondary N) is 1. The van der Waals surface area contributed by atoms with Crippen LogP contribution in [0.5, 0.6) is 5.75 Å². The van der Waals surface area contributed by atoms with E-state index in [1.807, 2.05) is 58.0 Å². The van der Waals surface area contributed by atoms with E-state index in [4.69, 9.17) is 14.0 Å². The summed E-state index contributed by atoms with van der Waals surface area (Å²) in [5.41, 5.74) is 1.21. The molecule has 1 aliphatic rings. The summed E-state index contributed by atoms with van der Waals surface area (Å²) in [6.07, 6.45) is 0. The first-order chi connectivity index (χ1) is 12.2. The van der Waals surface area contributed by atoms with Crippen LogP contribution in [-0.2, 0) is 9.31 Å². The van der Waals surface area contributed by atoms with E-state index in [9.17, 15) is 4.79 Å². The third kappa shape index (κ3) is 3.48. The normalized spacial score (nSPS) is 17.8. The molecule has 0 bridgehead atoms. The Bertz CT molecular complexity index is 789. The molecule has 1 aliphatic heterocycles.